The van der Waals surface area contributed by atoms with Crippen molar-refractivity contribution in [3.05, 3.63) is 71.3 Å². The van der Waals surface area contributed by atoms with Crippen LogP contribution in [0.2, 0.25) is 0 Å². The summed E-state index contributed by atoms with van der Waals surface area (Å²) >= 11 is 0. The summed E-state index contributed by atoms with van der Waals surface area (Å²) in [4.78, 5) is 12.9. The first-order valence-electron chi connectivity index (χ1n) is 8.17. The van der Waals surface area contributed by atoms with Crippen molar-refractivity contribution in [3.63, 3.8) is 0 Å². The van der Waals surface area contributed by atoms with Crippen LogP contribution < -0.4 is 0 Å². The summed E-state index contributed by atoms with van der Waals surface area (Å²) in [5, 5.41) is 0. The van der Waals surface area contributed by atoms with Gasteiger partial charge in [0, 0.05) is 5.41 Å². The third kappa shape index (κ3) is 3.09. The quantitative estimate of drug-likeness (QED) is 0.712. The van der Waals surface area contributed by atoms with Crippen molar-refractivity contribution in [2.45, 2.75) is 38.8 Å². The Bertz CT molecular complexity index is 792. The molecular formula is C20H19F3O3. The van der Waals surface area contributed by atoms with E-state index in [9.17, 15) is 18.0 Å². The summed E-state index contributed by atoms with van der Waals surface area (Å²) in [5.41, 5.74) is -2.06. The van der Waals surface area contributed by atoms with Crippen molar-refractivity contribution >= 4 is 5.97 Å². The van der Waals surface area contributed by atoms with E-state index in [1.165, 1.54) is 12.1 Å². The van der Waals surface area contributed by atoms with Crippen molar-refractivity contribution < 1.29 is 27.4 Å². The Kier molecular flexibility index (Phi) is 4.35. The number of rotatable bonds is 2. The number of benzene rings is 2. The van der Waals surface area contributed by atoms with Gasteiger partial charge in [0.25, 0.3) is 0 Å². The standard InChI is InChI=1S/C20H19F3O3/c1-18(2,3)17-25-16(24)19(26-17,13-7-5-4-6-8-13)14-9-11-15(12-10-14)20(21,22)23/h4-12,17H,1-3H3/t17-,19-/m1/s1. The molecule has 0 amide bonds. The van der Waals surface area contributed by atoms with Crippen molar-refractivity contribution in [2.75, 3.05) is 0 Å². The van der Waals surface area contributed by atoms with Gasteiger partial charge in [-0.2, -0.15) is 13.2 Å². The van der Waals surface area contributed by atoms with E-state index >= 15 is 0 Å². The van der Waals surface area contributed by atoms with Crippen molar-refractivity contribution in [2.24, 2.45) is 5.41 Å². The minimum atomic E-state index is -4.45. The molecule has 2 aromatic carbocycles. The molecule has 1 aliphatic rings. The van der Waals surface area contributed by atoms with E-state index in [1.54, 1.807) is 30.3 Å². The number of alkyl halides is 3. The molecule has 0 aromatic heterocycles. The molecule has 3 nitrogen and oxygen atoms in total. The van der Waals surface area contributed by atoms with Crippen LogP contribution in [-0.2, 0) is 26.0 Å². The lowest BCUT2D eigenvalue weighted by atomic mass is 9.85. The van der Waals surface area contributed by atoms with Crippen molar-refractivity contribution in [3.8, 4) is 0 Å². The van der Waals surface area contributed by atoms with Gasteiger partial charge in [0.1, 0.15) is 0 Å². The molecule has 2 aromatic rings. The zero-order valence-corrected chi connectivity index (χ0v) is 14.6. The van der Waals surface area contributed by atoms with Gasteiger partial charge >= 0.3 is 12.1 Å². The molecular weight excluding hydrogens is 345 g/mol. The van der Waals surface area contributed by atoms with Gasteiger partial charge < -0.3 is 9.47 Å². The molecule has 1 aliphatic heterocycles. The molecule has 0 N–H and O–H groups in total. The smallest absolute Gasteiger partial charge is 0.416 e. The number of carbonyl (C=O) groups is 1. The lowest BCUT2D eigenvalue weighted by Crippen LogP contribution is -2.36. The highest BCUT2D eigenvalue weighted by Gasteiger charge is 2.56. The second-order valence-electron chi connectivity index (χ2n) is 7.34. The van der Waals surface area contributed by atoms with Gasteiger partial charge in [-0.1, -0.05) is 63.2 Å². The van der Waals surface area contributed by atoms with E-state index in [1.807, 2.05) is 20.8 Å². The Labute approximate surface area is 149 Å². The van der Waals surface area contributed by atoms with E-state index in [-0.39, 0.29) is 0 Å². The van der Waals surface area contributed by atoms with Gasteiger partial charge in [-0.3, -0.25) is 0 Å². The lowest BCUT2D eigenvalue weighted by Gasteiger charge is -2.29. The first kappa shape index (κ1) is 18.5. The summed E-state index contributed by atoms with van der Waals surface area (Å²) in [6.45, 7) is 5.58. The van der Waals surface area contributed by atoms with Crippen LogP contribution in [-0.4, -0.2) is 12.3 Å². The van der Waals surface area contributed by atoms with Crippen LogP contribution >= 0.6 is 0 Å². The average Bonchev–Trinajstić information content (AvgIpc) is 2.94. The Morgan fingerprint density at radius 3 is 1.88 bits per heavy atom. The largest absolute Gasteiger partial charge is 0.432 e. The summed E-state index contributed by atoms with van der Waals surface area (Å²) < 4.78 is 50.2. The number of ether oxygens (including phenoxy) is 2. The number of hydrogen-bond donors (Lipinski definition) is 0. The molecule has 1 saturated heterocycles. The Balaban J connectivity index is 2.13. The fourth-order valence-corrected chi connectivity index (χ4v) is 2.87. The molecule has 0 spiro atoms. The number of cyclic esters (lactones) is 1. The molecule has 0 bridgehead atoms. The van der Waals surface area contributed by atoms with Crippen LogP contribution in [0.5, 0.6) is 0 Å². The highest BCUT2D eigenvalue weighted by Crippen LogP contribution is 2.45. The zero-order valence-electron chi connectivity index (χ0n) is 14.6. The van der Waals surface area contributed by atoms with E-state index in [0.29, 0.717) is 11.1 Å². The van der Waals surface area contributed by atoms with Crippen LogP contribution in [0.4, 0.5) is 13.2 Å². The molecule has 26 heavy (non-hydrogen) atoms. The molecule has 6 heteroatoms. The van der Waals surface area contributed by atoms with Gasteiger partial charge in [0.2, 0.25) is 11.9 Å². The second kappa shape index (κ2) is 6.13. The maximum Gasteiger partial charge on any atom is 0.416 e. The number of halogens is 3. The molecule has 3 rings (SSSR count). The molecule has 2 atom stereocenters. The van der Waals surface area contributed by atoms with Gasteiger partial charge in [-0.25, -0.2) is 4.79 Å². The Morgan fingerprint density at radius 2 is 1.42 bits per heavy atom. The molecule has 0 unspecified atom stereocenters. The third-order valence-corrected chi connectivity index (χ3v) is 4.29. The number of carbonyl (C=O) groups excluding carboxylic acids is 1. The topological polar surface area (TPSA) is 35.5 Å². The summed E-state index contributed by atoms with van der Waals surface area (Å²) in [5.74, 6) is -0.636. The predicted octanol–water partition coefficient (Wildman–Crippen LogP) is 4.89. The second-order valence-corrected chi connectivity index (χ2v) is 7.34. The first-order chi connectivity index (χ1) is 12.0. The maximum atomic E-state index is 12.9. The molecule has 1 fully saturated rings. The van der Waals surface area contributed by atoms with E-state index in [0.717, 1.165) is 12.1 Å². The van der Waals surface area contributed by atoms with Crippen LogP contribution in [0, 0.1) is 5.41 Å². The van der Waals surface area contributed by atoms with Crippen LogP contribution in [0.3, 0.4) is 0 Å². The SMILES string of the molecule is CC(C)(C)[C@@H]1OC(=O)[C@@](c2ccccc2)(c2ccc(C(F)(F)F)cc2)O1. The minimum absolute atomic E-state index is 0.299. The normalized spacial score (nSPS) is 23.8. The van der Waals surface area contributed by atoms with Crippen molar-refractivity contribution in [1.82, 2.24) is 0 Å². The first-order valence-corrected chi connectivity index (χ1v) is 8.17. The minimum Gasteiger partial charge on any atom is -0.432 e. The molecule has 138 valence electrons. The molecule has 0 saturated carbocycles. The van der Waals surface area contributed by atoms with Crippen LogP contribution in [0.25, 0.3) is 0 Å². The third-order valence-electron chi connectivity index (χ3n) is 4.29. The summed E-state index contributed by atoms with van der Waals surface area (Å²) in [7, 11) is 0. The maximum absolute atomic E-state index is 12.9. The van der Waals surface area contributed by atoms with Gasteiger partial charge in [0.15, 0.2) is 0 Å². The zero-order chi connectivity index (χ0) is 19.2. The highest BCUT2D eigenvalue weighted by molar-refractivity contribution is 5.87. The van der Waals surface area contributed by atoms with E-state index < -0.39 is 35.0 Å². The highest BCUT2D eigenvalue weighted by atomic mass is 19.4. The molecule has 0 radical (unpaired) electrons. The average molecular weight is 364 g/mol. The lowest BCUT2D eigenvalue weighted by molar-refractivity contribution is -0.155. The molecule has 0 aliphatic carbocycles. The van der Waals surface area contributed by atoms with Crippen molar-refractivity contribution in [1.29, 1.82) is 0 Å². The fourth-order valence-electron chi connectivity index (χ4n) is 2.87. The fraction of sp³-hybridized carbons (Fsp3) is 0.350. The molecule has 1 heterocycles. The van der Waals surface area contributed by atoms with Gasteiger partial charge in [0.05, 0.1) is 5.56 Å². The van der Waals surface area contributed by atoms with Gasteiger partial charge in [-0.15, -0.1) is 0 Å². The Morgan fingerprint density at radius 1 is 0.885 bits per heavy atom. The van der Waals surface area contributed by atoms with Gasteiger partial charge in [-0.05, 0) is 23.3 Å². The van der Waals surface area contributed by atoms with E-state index in [4.69, 9.17) is 9.47 Å². The summed E-state index contributed by atoms with van der Waals surface area (Å²) in [6, 6.07) is 13.1. The Hall–Kier alpha value is -2.34. The summed E-state index contributed by atoms with van der Waals surface area (Å²) in [6.07, 6.45) is -5.28. The predicted molar refractivity (Wildman–Crippen MR) is 89.1 cm³/mol. The van der Waals surface area contributed by atoms with Crippen LogP contribution in [0.15, 0.2) is 54.6 Å². The van der Waals surface area contributed by atoms with Crippen LogP contribution in [0.1, 0.15) is 37.5 Å². The number of hydrogen-bond acceptors (Lipinski definition) is 3. The van der Waals surface area contributed by atoms with E-state index in [2.05, 4.69) is 0 Å². The monoisotopic (exact) mass is 364 g/mol. The number of esters is 1.